The van der Waals surface area contributed by atoms with Gasteiger partial charge >= 0.3 is 5.97 Å². The van der Waals surface area contributed by atoms with E-state index in [4.69, 9.17) is 9.47 Å². The van der Waals surface area contributed by atoms with Crippen molar-refractivity contribution in [1.29, 1.82) is 0 Å². The maximum absolute atomic E-state index is 12.7. The predicted octanol–water partition coefficient (Wildman–Crippen LogP) is 2.17. The molecule has 0 unspecified atom stereocenters. The lowest BCUT2D eigenvalue weighted by Gasteiger charge is -2.33. The summed E-state index contributed by atoms with van der Waals surface area (Å²) >= 11 is 0. The van der Waals surface area contributed by atoms with Gasteiger partial charge in [0, 0.05) is 12.1 Å². The fourth-order valence-corrected chi connectivity index (χ4v) is 2.67. The van der Waals surface area contributed by atoms with E-state index in [-0.39, 0.29) is 11.9 Å². The SMILES string of the molecule is COC(=O)[C@H]1CCCCN1C(=O)c1ccc(C)c(OC)c1. The highest BCUT2D eigenvalue weighted by Gasteiger charge is 2.33. The largest absolute Gasteiger partial charge is 0.496 e. The monoisotopic (exact) mass is 291 g/mol. The summed E-state index contributed by atoms with van der Waals surface area (Å²) in [5, 5.41) is 0. The van der Waals surface area contributed by atoms with E-state index in [0.717, 1.165) is 18.4 Å². The van der Waals surface area contributed by atoms with Crippen molar-refractivity contribution < 1.29 is 19.1 Å². The number of rotatable bonds is 3. The number of carbonyl (C=O) groups excluding carboxylic acids is 2. The van der Waals surface area contributed by atoms with Crippen LogP contribution in [0.4, 0.5) is 0 Å². The molecular formula is C16H21NO4. The number of piperidine rings is 1. The zero-order chi connectivity index (χ0) is 15.4. The van der Waals surface area contributed by atoms with Gasteiger partial charge in [0.1, 0.15) is 11.8 Å². The van der Waals surface area contributed by atoms with Crippen molar-refractivity contribution in [3.8, 4) is 5.75 Å². The summed E-state index contributed by atoms with van der Waals surface area (Å²) in [6.45, 7) is 2.50. The predicted molar refractivity (Wildman–Crippen MR) is 78.4 cm³/mol. The van der Waals surface area contributed by atoms with Gasteiger partial charge in [0.05, 0.1) is 14.2 Å². The summed E-state index contributed by atoms with van der Waals surface area (Å²) in [6, 6.07) is 4.86. The van der Waals surface area contributed by atoms with E-state index in [0.29, 0.717) is 24.3 Å². The highest BCUT2D eigenvalue weighted by molar-refractivity contribution is 5.97. The van der Waals surface area contributed by atoms with Gasteiger partial charge < -0.3 is 14.4 Å². The highest BCUT2D eigenvalue weighted by Crippen LogP contribution is 2.24. The van der Waals surface area contributed by atoms with Gasteiger partial charge in [-0.05, 0) is 43.9 Å². The highest BCUT2D eigenvalue weighted by atomic mass is 16.5. The Morgan fingerprint density at radius 1 is 1.24 bits per heavy atom. The number of hydrogen-bond acceptors (Lipinski definition) is 4. The first-order valence-corrected chi connectivity index (χ1v) is 7.12. The molecule has 1 fully saturated rings. The molecule has 2 rings (SSSR count). The zero-order valence-electron chi connectivity index (χ0n) is 12.7. The van der Waals surface area contributed by atoms with Gasteiger partial charge in [-0.2, -0.15) is 0 Å². The van der Waals surface area contributed by atoms with Gasteiger partial charge in [0.2, 0.25) is 0 Å². The van der Waals surface area contributed by atoms with Crippen LogP contribution >= 0.6 is 0 Å². The maximum atomic E-state index is 12.7. The molecule has 0 saturated carbocycles. The first-order chi connectivity index (χ1) is 10.1. The summed E-state index contributed by atoms with van der Waals surface area (Å²) in [6.07, 6.45) is 2.49. The fraction of sp³-hybridized carbons (Fsp3) is 0.500. The van der Waals surface area contributed by atoms with Gasteiger partial charge in [-0.15, -0.1) is 0 Å². The minimum absolute atomic E-state index is 0.150. The van der Waals surface area contributed by atoms with Crippen LogP contribution in [-0.4, -0.2) is 43.6 Å². The van der Waals surface area contributed by atoms with E-state index in [1.807, 2.05) is 13.0 Å². The molecule has 0 aromatic heterocycles. The maximum Gasteiger partial charge on any atom is 0.328 e. The van der Waals surface area contributed by atoms with Crippen LogP contribution < -0.4 is 4.74 Å². The van der Waals surface area contributed by atoms with Crippen molar-refractivity contribution in [3.05, 3.63) is 29.3 Å². The quantitative estimate of drug-likeness (QED) is 0.801. The smallest absolute Gasteiger partial charge is 0.328 e. The zero-order valence-corrected chi connectivity index (χ0v) is 12.7. The molecule has 0 N–H and O–H groups in total. The Bertz CT molecular complexity index is 541. The first-order valence-electron chi connectivity index (χ1n) is 7.12. The third-order valence-electron chi connectivity index (χ3n) is 3.89. The topological polar surface area (TPSA) is 55.8 Å². The van der Waals surface area contributed by atoms with Gasteiger partial charge in [0.15, 0.2) is 0 Å². The molecular weight excluding hydrogens is 270 g/mol. The van der Waals surface area contributed by atoms with E-state index < -0.39 is 6.04 Å². The lowest BCUT2D eigenvalue weighted by Crippen LogP contribution is -2.48. The van der Waals surface area contributed by atoms with Crippen molar-refractivity contribution in [3.63, 3.8) is 0 Å². The number of aryl methyl sites for hydroxylation is 1. The molecule has 1 aromatic rings. The number of benzene rings is 1. The summed E-state index contributed by atoms with van der Waals surface area (Å²) in [7, 11) is 2.93. The summed E-state index contributed by atoms with van der Waals surface area (Å²) in [5.41, 5.74) is 1.51. The van der Waals surface area contributed by atoms with E-state index in [2.05, 4.69) is 0 Å². The van der Waals surface area contributed by atoms with Crippen molar-refractivity contribution in [2.45, 2.75) is 32.2 Å². The van der Waals surface area contributed by atoms with Crippen LogP contribution in [-0.2, 0) is 9.53 Å². The van der Waals surface area contributed by atoms with Crippen LogP contribution in [0.25, 0.3) is 0 Å². The van der Waals surface area contributed by atoms with Crippen LogP contribution in [0.5, 0.6) is 5.75 Å². The number of esters is 1. The van der Waals surface area contributed by atoms with E-state index in [1.165, 1.54) is 7.11 Å². The molecule has 1 aliphatic rings. The fourth-order valence-electron chi connectivity index (χ4n) is 2.67. The van der Waals surface area contributed by atoms with Crippen molar-refractivity contribution >= 4 is 11.9 Å². The summed E-state index contributed by atoms with van der Waals surface area (Å²) in [5.74, 6) is 0.179. The second-order valence-corrected chi connectivity index (χ2v) is 5.22. The molecule has 114 valence electrons. The molecule has 21 heavy (non-hydrogen) atoms. The van der Waals surface area contributed by atoms with Gasteiger partial charge in [-0.3, -0.25) is 4.79 Å². The Hall–Kier alpha value is -2.04. The molecule has 0 radical (unpaired) electrons. The third-order valence-corrected chi connectivity index (χ3v) is 3.89. The Kier molecular flexibility index (Phi) is 4.83. The lowest BCUT2D eigenvalue weighted by molar-refractivity contribution is -0.147. The van der Waals surface area contributed by atoms with Crippen LogP contribution in [0.1, 0.15) is 35.2 Å². The first kappa shape index (κ1) is 15.4. The Labute approximate surface area is 124 Å². The standard InChI is InChI=1S/C16H21NO4/c1-11-7-8-12(10-14(11)20-2)15(18)17-9-5-4-6-13(17)16(19)21-3/h7-8,10,13H,4-6,9H2,1-3H3/t13-/m1/s1. The molecule has 1 aromatic carbocycles. The average Bonchev–Trinajstić information content (AvgIpc) is 2.54. The molecule has 1 heterocycles. The minimum atomic E-state index is -0.483. The normalized spacial score (nSPS) is 18.2. The van der Waals surface area contributed by atoms with E-state index >= 15 is 0 Å². The molecule has 0 spiro atoms. The van der Waals surface area contributed by atoms with Gasteiger partial charge in [-0.25, -0.2) is 4.79 Å². The van der Waals surface area contributed by atoms with Gasteiger partial charge in [0.25, 0.3) is 5.91 Å². The number of nitrogens with zero attached hydrogens (tertiary/aromatic N) is 1. The molecule has 5 heteroatoms. The molecule has 1 atom stereocenters. The molecule has 0 bridgehead atoms. The van der Waals surface area contributed by atoms with Crippen LogP contribution in [0.3, 0.4) is 0 Å². The molecule has 0 aliphatic carbocycles. The Morgan fingerprint density at radius 2 is 2.00 bits per heavy atom. The summed E-state index contributed by atoms with van der Waals surface area (Å²) < 4.78 is 10.1. The third kappa shape index (κ3) is 3.17. The number of ether oxygens (including phenoxy) is 2. The number of amides is 1. The van der Waals surface area contributed by atoms with Crippen molar-refractivity contribution in [2.24, 2.45) is 0 Å². The second-order valence-electron chi connectivity index (χ2n) is 5.22. The summed E-state index contributed by atoms with van der Waals surface area (Å²) in [4.78, 5) is 26.1. The molecule has 1 amide bonds. The average molecular weight is 291 g/mol. The number of methoxy groups -OCH3 is 2. The van der Waals surface area contributed by atoms with Crippen LogP contribution in [0.15, 0.2) is 18.2 Å². The van der Waals surface area contributed by atoms with Crippen LogP contribution in [0, 0.1) is 6.92 Å². The number of hydrogen-bond donors (Lipinski definition) is 0. The van der Waals surface area contributed by atoms with Crippen molar-refractivity contribution in [2.75, 3.05) is 20.8 Å². The Morgan fingerprint density at radius 3 is 2.67 bits per heavy atom. The minimum Gasteiger partial charge on any atom is -0.496 e. The van der Waals surface area contributed by atoms with Crippen LogP contribution in [0.2, 0.25) is 0 Å². The van der Waals surface area contributed by atoms with E-state index in [1.54, 1.807) is 24.1 Å². The number of likely N-dealkylation sites (tertiary alicyclic amines) is 1. The lowest BCUT2D eigenvalue weighted by atomic mass is 10.0. The van der Waals surface area contributed by atoms with E-state index in [9.17, 15) is 9.59 Å². The molecule has 5 nitrogen and oxygen atoms in total. The second kappa shape index (κ2) is 6.61. The van der Waals surface area contributed by atoms with Gasteiger partial charge in [-0.1, -0.05) is 6.07 Å². The molecule has 1 aliphatic heterocycles. The van der Waals surface area contributed by atoms with Crippen molar-refractivity contribution in [1.82, 2.24) is 4.90 Å². The molecule has 1 saturated heterocycles. The number of carbonyl (C=O) groups is 2. The Balaban J connectivity index is 2.26.